The van der Waals surface area contributed by atoms with Crippen molar-refractivity contribution >= 4 is 22.1 Å². The highest BCUT2D eigenvalue weighted by molar-refractivity contribution is 7.80. The third kappa shape index (κ3) is 5.72. The summed E-state index contributed by atoms with van der Waals surface area (Å²) in [5.41, 5.74) is 0. The summed E-state index contributed by atoms with van der Waals surface area (Å²) in [5.74, 6) is 1.77. The first-order valence-corrected chi connectivity index (χ1v) is 6.36. The van der Waals surface area contributed by atoms with Gasteiger partial charge in [-0.25, -0.2) is 0 Å². The molecule has 0 radical (unpaired) electrons. The number of rotatable bonds is 6. The average molecular weight is 194 g/mol. The van der Waals surface area contributed by atoms with Gasteiger partial charge in [-0.3, -0.25) is 0 Å². The molecule has 11 heavy (non-hydrogen) atoms. The molecule has 0 aromatic heterocycles. The Labute approximate surface area is 76.9 Å². The van der Waals surface area contributed by atoms with Crippen molar-refractivity contribution in [2.75, 3.05) is 20.0 Å². The lowest BCUT2D eigenvalue weighted by Crippen LogP contribution is -2.22. The third-order valence-corrected chi connectivity index (χ3v) is 4.81. The molecule has 0 heterocycles. The van der Waals surface area contributed by atoms with E-state index in [0.29, 0.717) is 5.92 Å². The average Bonchev–Trinajstić information content (AvgIpc) is 2.06. The van der Waals surface area contributed by atoms with Crippen LogP contribution in [0, 0.1) is 5.92 Å². The smallest absolute Gasteiger partial charge is 0.134 e. The molecular formula is C7H18O2SSi. The van der Waals surface area contributed by atoms with Crippen LogP contribution in [0.2, 0.25) is 6.04 Å². The Morgan fingerprint density at radius 2 is 1.91 bits per heavy atom. The molecule has 68 valence electrons. The van der Waals surface area contributed by atoms with Crippen LogP contribution in [-0.2, 0) is 9.47 Å². The van der Waals surface area contributed by atoms with E-state index in [1.807, 2.05) is 0 Å². The van der Waals surface area contributed by atoms with Crippen molar-refractivity contribution in [2.24, 2.45) is 5.92 Å². The predicted octanol–water partition coefficient (Wildman–Crippen LogP) is 0.716. The summed E-state index contributed by atoms with van der Waals surface area (Å²) in [4.78, 5) is 0. The van der Waals surface area contributed by atoms with Gasteiger partial charge in [-0.15, -0.1) is 0 Å². The second-order valence-electron chi connectivity index (χ2n) is 2.77. The van der Waals surface area contributed by atoms with Gasteiger partial charge in [-0.05, 0) is 11.7 Å². The maximum Gasteiger partial charge on any atom is 0.134 e. The molecule has 4 heteroatoms. The van der Waals surface area contributed by atoms with Crippen molar-refractivity contribution in [1.82, 2.24) is 0 Å². The van der Waals surface area contributed by atoms with Crippen LogP contribution in [0.1, 0.15) is 6.92 Å². The molecule has 0 amide bonds. The Bertz CT molecular complexity index is 88.5. The van der Waals surface area contributed by atoms with Gasteiger partial charge in [0, 0.05) is 14.2 Å². The molecule has 0 bridgehead atoms. The zero-order valence-electron chi connectivity index (χ0n) is 7.54. The molecule has 0 rings (SSSR count). The minimum absolute atomic E-state index is 0.0948. The van der Waals surface area contributed by atoms with Crippen molar-refractivity contribution in [3.8, 4) is 0 Å². The van der Waals surface area contributed by atoms with E-state index in [2.05, 4.69) is 19.6 Å². The number of methoxy groups -OCH3 is 2. The molecule has 0 aliphatic rings. The zero-order valence-corrected chi connectivity index (χ0v) is 9.85. The molecule has 0 aliphatic heterocycles. The van der Waals surface area contributed by atoms with Crippen molar-refractivity contribution in [3.63, 3.8) is 0 Å². The monoisotopic (exact) mass is 194 g/mol. The van der Waals surface area contributed by atoms with Crippen molar-refractivity contribution in [1.29, 1.82) is 0 Å². The second kappa shape index (κ2) is 7.15. The first kappa shape index (κ1) is 11.5. The van der Waals surface area contributed by atoms with E-state index in [-0.39, 0.29) is 15.4 Å². The van der Waals surface area contributed by atoms with E-state index in [4.69, 9.17) is 9.47 Å². The van der Waals surface area contributed by atoms with Gasteiger partial charge < -0.3 is 9.47 Å². The maximum atomic E-state index is 5.11. The standard InChI is InChI=1S/C7H18O2SSi/c1-6(4-10)5-11-7(8-2)9-3/h6-7,10H,4-5,11H2,1-3H3. The fourth-order valence-corrected chi connectivity index (χ4v) is 2.89. The first-order valence-electron chi connectivity index (χ1n) is 3.91. The summed E-state index contributed by atoms with van der Waals surface area (Å²) < 4.78 is 10.2. The van der Waals surface area contributed by atoms with Crippen LogP contribution < -0.4 is 0 Å². The molecule has 0 aromatic rings. The Morgan fingerprint density at radius 1 is 1.36 bits per heavy atom. The molecule has 0 spiro atoms. The third-order valence-electron chi connectivity index (χ3n) is 1.73. The second-order valence-corrected chi connectivity index (χ2v) is 4.95. The van der Waals surface area contributed by atoms with Gasteiger partial charge in [0.1, 0.15) is 5.91 Å². The Morgan fingerprint density at radius 3 is 2.27 bits per heavy atom. The lowest BCUT2D eigenvalue weighted by atomic mass is 10.3. The molecule has 1 atom stereocenters. The van der Waals surface area contributed by atoms with Crippen molar-refractivity contribution < 1.29 is 9.47 Å². The van der Waals surface area contributed by atoms with E-state index in [1.54, 1.807) is 14.2 Å². The van der Waals surface area contributed by atoms with E-state index >= 15 is 0 Å². The van der Waals surface area contributed by atoms with Crippen LogP contribution in [0.15, 0.2) is 0 Å². The van der Waals surface area contributed by atoms with Crippen molar-refractivity contribution in [2.45, 2.75) is 18.9 Å². The van der Waals surface area contributed by atoms with E-state index in [0.717, 1.165) is 5.75 Å². The Hall–Kier alpha value is 0.487. The molecule has 0 saturated carbocycles. The number of hydrogen-bond acceptors (Lipinski definition) is 3. The molecule has 0 aliphatic carbocycles. The number of thiol groups is 1. The van der Waals surface area contributed by atoms with Crippen LogP contribution in [0.5, 0.6) is 0 Å². The highest BCUT2D eigenvalue weighted by Crippen LogP contribution is 2.05. The highest BCUT2D eigenvalue weighted by atomic mass is 32.1. The normalized spacial score (nSPS) is 15.0. The van der Waals surface area contributed by atoms with Crippen LogP contribution in [-0.4, -0.2) is 35.4 Å². The van der Waals surface area contributed by atoms with Gasteiger partial charge in [-0.1, -0.05) is 13.0 Å². The van der Waals surface area contributed by atoms with Gasteiger partial charge in [0.25, 0.3) is 0 Å². The number of ether oxygens (including phenoxy) is 2. The van der Waals surface area contributed by atoms with Gasteiger partial charge in [0.2, 0.25) is 0 Å². The predicted molar refractivity (Wildman–Crippen MR) is 54.2 cm³/mol. The summed E-state index contributed by atoms with van der Waals surface area (Å²) >= 11 is 4.22. The van der Waals surface area contributed by atoms with E-state index in [1.165, 1.54) is 6.04 Å². The SMILES string of the molecule is COC(OC)[SiH2]CC(C)CS. The van der Waals surface area contributed by atoms with Crippen LogP contribution >= 0.6 is 12.6 Å². The minimum Gasteiger partial charge on any atom is -0.360 e. The lowest BCUT2D eigenvalue weighted by Gasteiger charge is -2.14. The van der Waals surface area contributed by atoms with Gasteiger partial charge in [-0.2, -0.15) is 12.6 Å². The van der Waals surface area contributed by atoms with E-state index < -0.39 is 0 Å². The largest absolute Gasteiger partial charge is 0.360 e. The molecular weight excluding hydrogens is 176 g/mol. The molecule has 0 aromatic carbocycles. The van der Waals surface area contributed by atoms with Crippen LogP contribution in [0.4, 0.5) is 0 Å². The van der Waals surface area contributed by atoms with Crippen LogP contribution in [0.3, 0.4) is 0 Å². The zero-order chi connectivity index (χ0) is 8.69. The minimum atomic E-state index is -0.227. The summed E-state index contributed by atoms with van der Waals surface area (Å²) in [7, 11) is 3.18. The van der Waals surface area contributed by atoms with Gasteiger partial charge in [0.15, 0.2) is 0 Å². The number of hydrogen-bond donors (Lipinski definition) is 1. The van der Waals surface area contributed by atoms with Gasteiger partial charge >= 0.3 is 0 Å². The molecule has 1 unspecified atom stereocenters. The van der Waals surface area contributed by atoms with E-state index in [9.17, 15) is 0 Å². The fourth-order valence-electron chi connectivity index (χ4n) is 0.844. The molecule has 0 N–H and O–H groups in total. The highest BCUT2D eigenvalue weighted by Gasteiger charge is 2.07. The molecule has 0 fully saturated rings. The Kier molecular flexibility index (Phi) is 7.47. The molecule has 0 saturated heterocycles. The Balaban J connectivity index is 3.34. The lowest BCUT2D eigenvalue weighted by molar-refractivity contribution is -0.0442. The fraction of sp³-hybridized carbons (Fsp3) is 1.00. The van der Waals surface area contributed by atoms with Gasteiger partial charge in [0.05, 0.1) is 9.52 Å². The maximum absolute atomic E-state index is 5.11. The summed E-state index contributed by atoms with van der Waals surface area (Å²) in [6.07, 6.45) is 0. The summed E-state index contributed by atoms with van der Waals surface area (Å²) in [6.45, 7) is 2.21. The quantitative estimate of drug-likeness (QED) is 0.381. The summed E-state index contributed by atoms with van der Waals surface area (Å²) in [5, 5.41) is 0. The summed E-state index contributed by atoms with van der Waals surface area (Å²) in [6, 6.07) is 1.25. The van der Waals surface area contributed by atoms with Crippen LogP contribution in [0.25, 0.3) is 0 Å². The van der Waals surface area contributed by atoms with Crippen molar-refractivity contribution in [3.05, 3.63) is 0 Å². The first-order chi connectivity index (χ1) is 5.24. The molecule has 2 nitrogen and oxygen atoms in total. The topological polar surface area (TPSA) is 18.5 Å².